The Morgan fingerprint density at radius 3 is 2.46 bits per heavy atom. The summed E-state index contributed by atoms with van der Waals surface area (Å²) in [6, 6.07) is 5.20. The van der Waals surface area contributed by atoms with Gasteiger partial charge in [-0.1, -0.05) is 19.9 Å². The van der Waals surface area contributed by atoms with Gasteiger partial charge in [-0.2, -0.15) is 4.98 Å². The number of nitrogens with zero attached hydrogens (tertiary/aromatic N) is 5. The number of carbonyl (C=O) groups is 1. The first-order chi connectivity index (χ1) is 16.8. The number of rotatable bonds is 9. The molecule has 3 aromatic rings. The fraction of sp³-hybridized carbons (Fsp3) is 0.458. The largest absolute Gasteiger partial charge is 0.494 e. The van der Waals surface area contributed by atoms with E-state index in [0.29, 0.717) is 48.3 Å². The standard InChI is InChI=1S/C24H29N5O6/c1-14(2)10-11-17-25-22(31)20(23-27-26-18(35-23)13-28-12-6-9-19(28)30)24(32)29(17)21-15(33-3)7-5-8-16(21)34-4/h5,7-8,14,32H,6,9-13H2,1-4H3. The van der Waals surface area contributed by atoms with E-state index >= 15 is 0 Å². The summed E-state index contributed by atoms with van der Waals surface area (Å²) in [5.74, 6) is 1.09. The molecule has 1 saturated heterocycles. The molecular weight excluding hydrogens is 454 g/mol. The van der Waals surface area contributed by atoms with E-state index in [9.17, 15) is 14.7 Å². The molecule has 1 aromatic carbocycles. The molecule has 11 heteroatoms. The number of aromatic hydroxyl groups is 1. The van der Waals surface area contributed by atoms with E-state index in [-0.39, 0.29) is 29.8 Å². The SMILES string of the molecule is COc1cccc(OC)c1-n1c(CCC(C)C)nc(=O)c(-c2nnc(CN3CCCC3=O)o2)c1O. The third-order valence-corrected chi connectivity index (χ3v) is 5.89. The van der Waals surface area contributed by atoms with E-state index in [1.807, 2.05) is 0 Å². The van der Waals surface area contributed by atoms with E-state index in [1.165, 1.54) is 18.8 Å². The van der Waals surface area contributed by atoms with Crippen molar-refractivity contribution in [3.05, 3.63) is 40.3 Å². The van der Waals surface area contributed by atoms with E-state index < -0.39 is 11.4 Å². The first-order valence-corrected chi connectivity index (χ1v) is 11.5. The van der Waals surface area contributed by atoms with Gasteiger partial charge in [0.1, 0.15) is 23.0 Å². The summed E-state index contributed by atoms with van der Waals surface area (Å²) < 4.78 is 18.2. The number of aryl methyl sites for hydroxylation is 1. The molecular formula is C24H29N5O6. The zero-order valence-corrected chi connectivity index (χ0v) is 20.3. The Balaban J connectivity index is 1.86. The highest BCUT2D eigenvalue weighted by molar-refractivity contribution is 5.77. The van der Waals surface area contributed by atoms with Gasteiger partial charge in [-0.15, -0.1) is 10.2 Å². The van der Waals surface area contributed by atoms with Crippen LogP contribution < -0.4 is 15.0 Å². The van der Waals surface area contributed by atoms with Gasteiger partial charge >= 0.3 is 0 Å². The lowest BCUT2D eigenvalue weighted by Gasteiger charge is -2.20. The van der Waals surface area contributed by atoms with Crippen LogP contribution in [0.2, 0.25) is 0 Å². The molecule has 1 N–H and O–H groups in total. The Kier molecular flexibility index (Phi) is 7.04. The zero-order chi connectivity index (χ0) is 25.1. The molecule has 11 nitrogen and oxygen atoms in total. The molecule has 186 valence electrons. The van der Waals surface area contributed by atoms with Crippen molar-refractivity contribution in [2.45, 2.75) is 46.1 Å². The summed E-state index contributed by atoms with van der Waals surface area (Å²) in [6.07, 6.45) is 2.41. The third-order valence-electron chi connectivity index (χ3n) is 5.89. The smallest absolute Gasteiger partial charge is 0.289 e. The number of hydrogen-bond acceptors (Lipinski definition) is 9. The van der Waals surface area contributed by atoms with E-state index in [2.05, 4.69) is 29.0 Å². The number of aromatic nitrogens is 4. The highest BCUT2D eigenvalue weighted by atomic mass is 16.5. The van der Waals surface area contributed by atoms with Gasteiger partial charge in [0.05, 0.1) is 20.8 Å². The maximum atomic E-state index is 13.1. The molecule has 3 heterocycles. The molecule has 0 bridgehead atoms. The van der Waals surface area contributed by atoms with Crippen molar-refractivity contribution in [1.29, 1.82) is 0 Å². The maximum Gasteiger partial charge on any atom is 0.289 e. The van der Waals surface area contributed by atoms with Crippen LogP contribution in [0.1, 0.15) is 44.8 Å². The Morgan fingerprint density at radius 2 is 1.86 bits per heavy atom. The molecule has 1 amide bonds. The predicted octanol–water partition coefficient (Wildman–Crippen LogP) is 2.72. The van der Waals surface area contributed by atoms with Crippen LogP contribution in [-0.4, -0.2) is 56.4 Å². The maximum absolute atomic E-state index is 13.1. The van der Waals surface area contributed by atoms with Crippen LogP contribution in [0.4, 0.5) is 0 Å². The monoisotopic (exact) mass is 483 g/mol. The minimum absolute atomic E-state index is 0.00870. The zero-order valence-electron chi connectivity index (χ0n) is 20.3. The molecule has 35 heavy (non-hydrogen) atoms. The lowest BCUT2D eigenvalue weighted by molar-refractivity contribution is -0.128. The molecule has 2 aromatic heterocycles. The van der Waals surface area contributed by atoms with Crippen molar-refractivity contribution in [2.75, 3.05) is 20.8 Å². The van der Waals surface area contributed by atoms with Gasteiger partial charge in [0.15, 0.2) is 5.56 Å². The summed E-state index contributed by atoms with van der Waals surface area (Å²) in [4.78, 5) is 30.9. The van der Waals surface area contributed by atoms with Gasteiger partial charge in [0, 0.05) is 19.4 Å². The average molecular weight is 484 g/mol. The van der Waals surface area contributed by atoms with Crippen molar-refractivity contribution in [3.8, 4) is 34.5 Å². The molecule has 0 radical (unpaired) electrons. The Bertz CT molecular complexity index is 1260. The normalized spacial score (nSPS) is 13.6. The molecule has 1 aliphatic rings. The van der Waals surface area contributed by atoms with E-state index in [0.717, 1.165) is 12.8 Å². The summed E-state index contributed by atoms with van der Waals surface area (Å²) in [6.45, 7) is 4.87. The molecule has 0 unspecified atom stereocenters. The van der Waals surface area contributed by atoms with Crippen LogP contribution in [-0.2, 0) is 17.8 Å². The Morgan fingerprint density at radius 1 is 1.14 bits per heavy atom. The lowest BCUT2D eigenvalue weighted by Crippen LogP contribution is -2.23. The second-order valence-corrected chi connectivity index (χ2v) is 8.73. The molecule has 1 aliphatic heterocycles. The predicted molar refractivity (Wildman–Crippen MR) is 126 cm³/mol. The van der Waals surface area contributed by atoms with E-state index in [4.69, 9.17) is 13.9 Å². The van der Waals surface area contributed by atoms with Crippen LogP contribution in [0.3, 0.4) is 0 Å². The van der Waals surface area contributed by atoms with Crippen LogP contribution in [0.15, 0.2) is 27.4 Å². The summed E-state index contributed by atoms with van der Waals surface area (Å²) in [5.41, 5.74) is -0.540. The average Bonchev–Trinajstić information content (AvgIpc) is 3.46. The van der Waals surface area contributed by atoms with Gasteiger partial charge in [0.2, 0.25) is 17.7 Å². The first kappa shape index (κ1) is 24.2. The van der Waals surface area contributed by atoms with Crippen molar-refractivity contribution < 1.29 is 23.8 Å². The van der Waals surface area contributed by atoms with Crippen LogP contribution in [0, 0.1) is 5.92 Å². The van der Waals surface area contributed by atoms with Gasteiger partial charge in [-0.3, -0.25) is 14.2 Å². The number of ether oxygens (including phenoxy) is 2. The van der Waals surface area contributed by atoms with Crippen LogP contribution >= 0.6 is 0 Å². The van der Waals surface area contributed by atoms with Crippen LogP contribution in [0.5, 0.6) is 17.4 Å². The highest BCUT2D eigenvalue weighted by Gasteiger charge is 2.28. The third kappa shape index (κ3) is 4.84. The van der Waals surface area contributed by atoms with Gasteiger partial charge < -0.3 is 23.9 Å². The summed E-state index contributed by atoms with van der Waals surface area (Å²) >= 11 is 0. The minimum Gasteiger partial charge on any atom is -0.494 e. The summed E-state index contributed by atoms with van der Waals surface area (Å²) in [7, 11) is 3.01. The number of amides is 1. The molecule has 0 spiro atoms. The Hall–Kier alpha value is -3.89. The summed E-state index contributed by atoms with van der Waals surface area (Å²) in [5, 5.41) is 19.4. The Labute approximate surface area is 202 Å². The molecule has 4 rings (SSSR count). The number of likely N-dealkylation sites (tertiary alicyclic amines) is 1. The molecule has 0 atom stereocenters. The van der Waals surface area contributed by atoms with Gasteiger partial charge in [-0.25, -0.2) is 0 Å². The van der Waals surface area contributed by atoms with E-state index in [1.54, 1.807) is 23.1 Å². The molecule has 1 fully saturated rings. The number of methoxy groups -OCH3 is 2. The first-order valence-electron chi connectivity index (χ1n) is 11.5. The highest BCUT2D eigenvalue weighted by Crippen LogP contribution is 2.38. The topological polar surface area (TPSA) is 133 Å². The van der Waals surface area contributed by atoms with Crippen molar-refractivity contribution in [2.24, 2.45) is 5.92 Å². The number of hydrogen-bond donors (Lipinski definition) is 1. The minimum atomic E-state index is -0.696. The number of para-hydroxylation sites is 1. The lowest BCUT2D eigenvalue weighted by atomic mass is 10.1. The number of benzene rings is 1. The van der Waals surface area contributed by atoms with Gasteiger partial charge in [0.25, 0.3) is 11.4 Å². The fourth-order valence-electron chi connectivity index (χ4n) is 4.07. The fourth-order valence-corrected chi connectivity index (χ4v) is 4.07. The van der Waals surface area contributed by atoms with Crippen molar-refractivity contribution >= 4 is 5.91 Å². The van der Waals surface area contributed by atoms with Crippen molar-refractivity contribution in [3.63, 3.8) is 0 Å². The molecule has 0 saturated carbocycles. The van der Waals surface area contributed by atoms with Crippen LogP contribution in [0.25, 0.3) is 17.1 Å². The van der Waals surface area contributed by atoms with Crippen molar-refractivity contribution in [1.82, 2.24) is 24.6 Å². The number of carbonyl (C=O) groups excluding carboxylic acids is 1. The molecule has 0 aliphatic carbocycles. The second kappa shape index (κ2) is 10.2. The quantitative estimate of drug-likeness (QED) is 0.488. The second-order valence-electron chi connectivity index (χ2n) is 8.73. The van der Waals surface area contributed by atoms with Gasteiger partial charge in [-0.05, 0) is 30.9 Å².